The zero-order valence-corrected chi connectivity index (χ0v) is 13.5. The first-order valence-corrected chi connectivity index (χ1v) is 9.62. The number of carbonyl (C=O) groups excluding carboxylic acids is 1. The molecule has 1 heterocycles. The molecule has 1 aliphatic carbocycles. The monoisotopic (exact) mass is 341 g/mol. The van der Waals surface area contributed by atoms with E-state index >= 15 is 0 Å². The van der Waals surface area contributed by atoms with Gasteiger partial charge >= 0.3 is 0 Å². The Morgan fingerprint density at radius 1 is 1.26 bits per heavy atom. The number of carbonyl (C=O) groups is 1. The van der Waals surface area contributed by atoms with Crippen molar-refractivity contribution in [2.45, 2.75) is 31.4 Å². The highest BCUT2D eigenvalue weighted by molar-refractivity contribution is 7.91. The minimum absolute atomic E-state index is 0.0580. The molecule has 0 bridgehead atoms. The number of aliphatic hydroxyl groups is 1. The van der Waals surface area contributed by atoms with Crippen LogP contribution in [0.25, 0.3) is 0 Å². The summed E-state index contributed by atoms with van der Waals surface area (Å²) >= 11 is 0. The highest BCUT2D eigenvalue weighted by Crippen LogP contribution is 2.32. The molecule has 7 heteroatoms. The molecule has 2 aliphatic rings. The third-order valence-electron chi connectivity index (χ3n) is 4.48. The number of hydrogen-bond donors (Lipinski definition) is 1. The average Bonchev–Trinajstić information content (AvgIpc) is 3.28. The molecule has 1 aromatic rings. The number of aliphatic hydroxyl groups excluding tert-OH is 1. The lowest BCUT2D eigenvalue weighted by molar-refractivity contribution is -0.136. The number of nitrogens with zero attached hydrogens (tertiary/aromatic N) is 1. The molecule has 1 saturated carbocycles. The van der Waals surface area contributed by atoms with Crippen LogP contribution in [0.5, 0.6) is 0 Å². The van der Waals surface area contributed by atoms with Gasteiger partial charge in [0.1, 0.15) is 5.82 Å². The number of amides is 1. The second kappa shape index (κ2) is 6.20. The van der Waals surface area contributed by atoms with E-state index in [9.17, 15) is 22.7 Å². The molecule has 1 amide bonds. The lowest BCUT2D eigenvalue weighted by atomic mass is 10.1. The summed E-state index contributed by atoms with van der Waals surface area (Å²) in [5.74, 6) is -1.10. The number of benzene rings is 1. The average molecular weight is 341 g/mol. The van der Waals surface area contributed by atoms with Gasteiger partial charge in [0.15, 0.2) is 9.84 Å². The molecule has 0 unspecified atom stereocenters. The van der Waals surface area contributed by atoms with Crippen LogP contribution in [-0.4, -0.2) is 48.4 Å². The fourth-order valence-electron chi connectivity index (χ4n) is 3.01. The van der Waals surface area contributed by atoms with E-state index in [1.807, 2.05) is 0 Å². The van der Waals surface area contributed by atoms with Crippen LogP contribution in [0.15, 0.2) is 24.3 Å². The summed E-state index contributed by atoms with van der Waals surface area (Å²) in [6.45, 7) is 0.117. The van der Waals surface area contributed by atoms with Gasteiger partial charge in [-0.15, -0.1) is 0 Å². The van der Waals surface area contributed by atoms with Crippen LogP contribution in [-0.2, 0) is 14.6 Å². The number of sulfone groups is 1. The maximum absolute atomic E-state index is 13.0. The van der Waals surface area contributed by atoms with E-state index in [1.54, 1.807) is 4.90 Å². The molecule has 0 aromatic heterocycles. The van der Waals surface area contributed by atoms with E-state index < -0.39 is 21.9 Å². The van der Waals surface area contributed by atoms with Crippen molar-refractivity contribution in [3.05, 3.63) is 35.6 Å². The van der Waals surface area contributed by atoms with E-state index in [4.69, 9.17) is 0 Å². The Morgan fingerprint density at radius 2 is 1.91 bits per heavy atom. The SMILES string of the molecule is O=C([C@@H]1CCS(=O)(=O)C1)N(C[C@@H](O)c1ccc(F)cc1)C1CC1. The summed E-state index contributed by atoms with van der Waals surface area (Å²) in [6.07, 6.45) is 1.21. The van der Waals surface area contributed by atoms with Gasteiger partial charge in [0.05, 0.1) is 30.1 Å². The summed E-state index contributed by atoms with van der Waals surface area (Å²) < 4.78 is 36.1. The van der Waals surface area contributed by atoms with Gasteiger partial charge in [-0.25, -0.2) is 12.8 Å². The second-order valence-corrected chi connectivity index (χ2v) is 8.62. The van der Waals surface area contributed by atoms with Crippen molar-refractivity contribution in [1.29, 1.82) is 0 Å². The van der Waals surface area contributed by atoms with E-state index in [-0.39, 0.29) is 35.8 Å². The second-order valence-electron chi connectivity index (χ2n) is 6.39. The van der Waals surface area contributed by atoms with Crippen molar-refractivity contribution in [3.8, 4) is 0 Å². The Bertz CT molecular complexity index is 685. The summed E-state index contributed by atoms with van der Waals surface area (Å²) in [7, 11) is -3.12. The topological polar surface area (TPSA) is 74.7 Å². The first-order chi connectivity index (χ1) is 10.9. The molecular weight excluding hydrogens is 321 g/mol. The molecule has 0 spiro atoms. The van der Waals surface area contributed by atoms with Gasteiger partial charge < -0.3 is 10.0 Å². The Hall–Kier alpha value is -1.47. The predicted octanol–water partition coefficient (Wildman–Crippen LogP) is 1.28. The van der Waals surface area contributed by atoms with E-state index in [1.165, 1.54) is 24.3 Å². The van der Waals surface area contributed by atoms with Gasteiger partial charge in [-0.2, -0.15) is 0 Å². The quantitative estimate of drug-likeness (QED) is 0.876. The van der Waals surface area contributed by atoms with Crippen LogP contribution in [0.1, 0.15) is 30.9 Å². The largest absolute Gasteiger partial charge is 0.387 e. The summed E-state index contributed by atoms with van der Waals surface area (Å²) in [6, 6.07) is 5.61. The van der Waals surface area contributed by atoms with Crippen LogP contribution in [0.2, 0.25) is 0 Å². The Morgan fingerprint density at radius 3 is 2.43 bits per heavy atom. The molecule has 1 N–H and O–H groups in total. The van der Waals surface area contributed by atoms with Gasteiger partial charge in [0, 0.05) is 6.04 Å². The van der Waals surface area contributed by atoms with E-state index in [2.05, 4.69) is 0 Å². The molecular formula is C16H20FNO4S. The van der Waals surface area contributed by atoms with E-state index in [0.717, 1.165) is 12.8 Å². The van der Waals surface area contributed by atoms with E-state index in [0.29, 0.717) is 12.0 Å². The zero-order chi connectivity index (χ0) is 16.6. The van der Waals surface area contributed by atoms with Crippen LogP contribution < -0.4 is 0 Å². The predicted molar refractivity (Wildman–Crippen MR) is 82.9 cm³/mol. The molecule has 3 rings (SSSR count). The maximum Gasteiger partial charge on any atom is 0.227 e. The molecule has 23 heavy (non-hydrogen) atoms. The lowest BCUT2D eigenvalue weighted by Crippen LogP contribution is -2.41. The van der Waals surface area contributed by atoms with Crippen molar-refractivity contribution in [2.24, 2.45) is 5.92 Å². The van der Waals surface area contributed by atoms with Crippen molar-refractivity contribution in [2.75, 3.05) is 18.1 Å². The van der Waals surface area contributed by atoms with Crippen LogP contribution in [0, 0.1) is 11.7 Å². The molecule has 1 aromatic carbocycles. The molecule has 2 fully saturated rings. The Kier molecular flexibility index (Phi) is 4.42. The molecule has 1 aliphatic heterocycles. The smallest absolute Gasteiger partial charge is 0.227 e. The van der Waals surface area contributed by atoms with Crippen LogP contribution in [0.3, 0.4) is 0 Å². The van der Waals surface area contributed by atoms with Crippen molar-refractivity contribution >= 4 is 15.7 Å². The molecule has 1 saturated heterocycles. The standard InChI is InChI=1S/C16H20FNO4S/c17-13-3-1-11(2-4-13)15(19)9-18(14-5-6-14)16(20)12-7-8-23(21,22)10-12/h1-4,12,14-15,19H,5-10H2/t12-,15-/m1/s1. The van der Waals surface area contributed by atoms with Crippen molar-refractivity contribution < 1.29 is 22.7 Å². The van der Waals surface area contributed by atoms with Crippen LogP contribution >= 0.6 is 0 Å². The minimum atomic E-state index is -3.12. The van der Waals surface area contributed by atoms with Crippen molar-refractivity contribution in [1.82, 2.24) is 4.90 Å². The summed E-state index contributed by atoms with van der Waals surface area (Å²) in [5, 5.41) is 10.3. The summed E-state index contributed by atoms with van der Waals surface area (Å²) in [4.78, 5) is 14.2. The van der Waals surface area contributed by atoms with Gasteiger partial charge in [-0.05, 0) is 37.0 Å². The molecule has 2 atom stereocenters. The first-order valence-electron chi connectivity index (χ1n) is 7.80. The fraction of sp³-hybridized carbons (Fsp3) is 0.562. The highest BCUT2D eigenvalue weighted by Gasteiger charge is 2.41. The third kappa shape index (κ3) is 3.90. The van der Waals surface area contributed by atoms with Gasteiger partial charge in [0.25, 0.3) is 0 Å². The Labute approximate surface area is 135 Å². The normalized spacial score (nSPS) is 24.3. The van der Waals surface area contributed by atoms with Gasteiger partial charge in [0.2, 0.25) is 5.91 Å². The third-order valence-corrected chi connectivity index (χ3v) is 6.24. The van der Waals surface area contributed by atoms with Crippen molar-refractivity contribution in [3.63, 3.8) is 0 Å². The molecule has 126 valence electrons. The Balaban J connectivity index is 1.69. The number of rotatable bonds is 5. The minimum Gasteiger partial charge on any atom is -0.387 e. The van der Waals surface area contributed by atoms with Crippen LogP contribution in [0.4, 0.5) is 4.39 Å². The number of halogens is 1. The maximum atomic E-state index is 13.0. The van der Waals surface area contributed by atoms with Gasteiger partial charge in [-0.3, -0.25) is 4.79 Å². The molecule has 5 nitrogen and oxygen atoms in total. The first kappa shape index (κ1) is 16.4. The zero-order valence-electron chi connectivity index (χ0n) is 12.7. The highest BCUT2D eigenvalue weighted by atomic mass is 32.2. The number of hydrogen-bond acceptors (Lipinski definition) is 4. The lowest BCUT2D eigenvalue weighted by Gasteiger charge is -2.27. The fourth-order valence-corrected chi connectivity index (χ4v) is 4.74. The summed E-state index contributed by atoms with van der Waals surface area (Å²) in [5.41, 5.74) is 0.545. The molecule has 0 radical (unpaired) electrons. The van der Waals surface area contributed by atoms with Gasteiger partial charge in [-0.1, -0.05) is 12.1 Å².